The number of carbonyl (C=O) groups excluding carboxylic acids is 1. The van der Waals surface area contributed by atoms with Gasteiger partial charge >= 0.3 is 0 Å². The summed E-state index contributed by atoms with van der Waals surface area (Å²) in [4.78, 5) is 20.9. The van der Waals surface area contributed by atoms with Crippen LogP contribution in [0, 0.1) is 6.92 Å². The van der Waals surface area contributed by atoms with Crippen molar-refractivity contribution in [2.45, 2.75) is 33.7 Å². The first-order valence-corrected chi connectivity index (χ1v) is 6.06. The van der Waals surface area contributed by atoms with Crippen LogP contribution in [0.1, 0.15) is 31.7 Å². The summed E-state index contributed by atoms with van der Waals surface area (Å²) in [6, 6.07) is 0. The Kier molecular flexibility index (Phi) is 5.44. The van der Waals surface area contributed by atoms with E-state index < -0.39 is 0 Å². The average molecular weight is 264 g/mol. The van der Waals surface area contributed by atoms with Crippen LogP contribution < -0.4 is 5.73 Å². The van der Waals surface area contributed by atoms with E-state index in [1.165, 1.54) is 4.90 Å². The molecule has 0 saturated carbocycles. The van der Waals surface area contributed by atoms with Crippen molar-refractivity contribution in [1.29, 1.82) is 0 Å². The van der Waals surface area contributed by atoms with E-state index in [-0.39, 0.29) is 6.61 Å². The molecular formula is C13H20N4O2. The minimum absolute atomic E-state index is 0.0612. The molecule has 0 unspecified atom stereocenters. The Labute approximate surface area is 113 Å². The monoisotopic (exact) mass is 264 g/mol. The topological polar surface area (TPSA) is 92.3 Å². The molecule has 0 radical (unpaired) electrons. The van der Waals surface area contributed by atoms with Crippen molar-refractivity contribution in [3.8, 4) is 0 Å². The van der Waals surface area contributed by atoms with Gasteiger partial charge in [0.05, 0.1) is 6.54 Å². The van der Waals surface area contributed by atoms with Gasteiger partial charge in [0.1, 0.15) is 11.6 Å². The highest BCUT2D eigenvalue weighted by Crippen LogP contribution is 2.16. The van der Waals surface area contributed by atoms with Gasteiger partial charge in [-0.2, -0.15) is 0 Å². The molecule has 0 saturated heterocycles. The molecule has 0 fully saturated rings. The molecule has 0 aliphatic heterocycles. The second-order valence-corrected chi connectivity index (χ2v) is 4.40. The summed E-state index contributed by atoms with van der Waals surface area (Å²) < 4.78 is 0. The van der Waals surface area contributed by atoms with Crippen molar-refractivity contribution in [3.05, 3.63) is 28.9 Å². The van der Waals surface area contributed by atoms with Crippen LogP contribution in [-0.4, -0.2) is 33.0 Å². The molecular weight excluding hydrogens is 244 g/mol. The lowest BCUT2D eigenvalue weighted by Crippen LogP contribution is -2.21. The van der Waals surface area contributed by atoms with Gasteiger partial charge in [0.2, 0.25) is 6.41 Å². The Morgan fingerprint density at radius 3 is 2.74 bits per heavy atom. The normalized spacial score (nSPS) is 12.0. The molecule has 104 valence electrons. The summed E-state index contributed by atoms with van der Waals surface area (Å²) >= 11 is 0. The number of aliphatic hydroxyl groups excluding tert-OH is 1. The first kappa shape index (κ1) is 15.1. The van der Waals surface area contributed by atoms with E-state index in [0.717, 1.165) is 17.7 Å². The summed E-state index contributed by atoms with van der Waals surface area (Å²) in [5.41, 5.74) is 8.28. The molecule has 0 aromatic carbocycles. The largest absolute Gasteiger partial charge is 0.396 e. The lowest BCUT2D eigenvalue weighted by atomic mass is 10.1. The van der Waals surface area contributed by atoms with Crippen molar-refractivity contribution in [2.75, 3.05) is 12.3 Å². The molecule has 6 heteroatoms. The van der Waals surface area contributed by atoms with Crippen molar-refractivity contribution in [2.24, 2.45) is 0 Å². The highest BCUT2D eigenvalue weighted by Gasteiger charge is 2.11. The molecule has 0 spiro atoms. The van der Waals surface area contributed by atoms with Gasteiger partial charge in [-0.15, -0.1) is 0 Å². The first-order valence-electron chi connectivity index (χ1n) is 6.06. The van der Waals surface area contributed by atoms with Gasteiger partial charge in [-0.25, -0.2) is 9.97 Å². The number of aliphatic hydroxyl groups is 1. The fraction of sp³-hybridized carbons (Fsp3) is 0.462. The molecule has 0 bridgehead atoms. The minimum atomic E-state index is 0.0612. The fourth-order valence-electron chi connectivity index (χ4n) is 1.65. The van der Waals surface area contributed by atoms with E-state index in [4.69, 9.17) is 10.8 Å². The summed E-state index contributed by atoms with van der Waals surface area (Å²) in [7, 11) is 0. The molecule has 0 aliphatic carbocycles. The van der Waals surface area contributed by atoms with Crippen molar-refractivity contribution in [3.63, 3.8) is 0 Å². The summed E-state index contributed by atoms with van der Waals surface area (Å²) in [6.07, 6.45) is 2.91. The smallest absolute Gasteiger partial charge is 0.214 e. The van der Waals surface area contributed by atoms with Crippen LogP contribution in [0.3, 0.4) is 0 Å². The molecule has 0 atom stereocenters. The Morgan fingerprint density at radius 2 is 2.21 bits per heavy atom. The molecule has 3 N–H and O–H groups in total. The highest BCUT2D eigenvalue weighted by molar-refractivity contribution is 5.53. The SMILES string of the molecule is CC(CCO)=C(C)N(C=O)Cc1cnc(C)nc1N. The lowest BCUT2D eigenvalue weighted by Gasteiger charge is -2.21. The molecule has 1 rings (SSSR count). The highest BCUT2D eigenvalue weighted by atomic mass is 16.3. The Balaban J connectivity index is 2.93. The van der Waals surface area contributed by atoms with Crippen LogP contribution in [0.5, 0.6) is 0 Å². The number of anilines is 1. The van der Waals surface area contributed by atoms with E-state index in [1.54, 1.807) is 13.1 Å². The minimum Gasteiger partial charge on any atom is -0.396 e. The third-order valence-electron chi connectivity index (χ3n) is 3.02. The third kappa shape index (κ3) is 4.03. The van der Waals surface area contributed by atoms with E-state index in [2.05, 4.69) is 9.97 Å². The zero-order valence-electron chi connectivity index (χ0n) is 11.6. The molecule has 1 heterocycles. The fourth-order valence-corrected chi connectivity index (χ4v) is 1.65. The van der Waals surface area contributed by atoms with Crippen molar-refractivity contribution < 1.29 is 9.90 Å². The number of amides is 1. The van der Waals surface area contributed by atoms with Crippen LogP contribution in [0.4, 0.5) is 5.82 Å². The second kappa shape index (κ2) is 6.84. The number of carbonyl (C=O) groups is 1. The number of hydrogen-bond donors (Lipinski definition) is 2. The molecule has 1 amide bonds. The van der Waals surface area contributed by atoms with Gasteiger partial charge in [0.15, 0.2) is 0 Å². The first-order chi connectivity index (χ1) is 8.99. The molecule has 6 nitrogen and oxygen atoms in total. The van der Waals surface area contributed by atoms with Gasteiger partial charge in [0.25, 0.3) is 0 Å². The number of nitrogens with two attached hydrogens (primary N) is 1. The Bertz CT molecular complexity index is 486. The lowest BCUT2D eigenvalue weighted by molar-refractivity contribution is -0.117. The van der Waals surface area contributed by atoms with Gasteiger partial charge in [-0.1, -0.05) is 5.57 Å². The number of aryl methyl sites for hydroxylation is 1. The Hall–Kier alpha value is -1.95. The van der Waals surface area contributed by atoms with Gasteiger partial charge in [0, 0.05) is 24.1 Å². The van der Waals surface area contributed by atoms with Gasteiger partial charge in [-0.3, -0.25) is 4.79 Å². The molecule has 1 aromatic rings. The zero-order valence-corrected chi connectivity index (χ0v) is 11.6. The van der Waals surface area contributed by atoms with E-state index in [9.17, 15) is 4.79 Å². The van der Waals surface area contributed by atoms with E-state index >= 15 is 0 Å². The predicted molar refractivity (Wildman–Crippen MR) is 72.9 cm³/mol. The quantitative estimate of drug-likeness (QED) is 0.748. The van der Waals surface area contributed by atoms with Gasteiger partial charge < -0.3 is 15.7 Å². The number of nitrogens with zero attached hydrogens (tertiary/aromatic N) is 3. The zero-order chi connectivity index (χ0) is 14.4. The van der Waals surface area contributed by atoms with Crippen LogP contribution in [0.2, 0.25) is 0 Å². The summed E-state index contributed by atoms with van der Waals surface area (Å²) in [6.45, 7) is 5.87. The van der Waals surface area contributed by atoms with Crippen LogP contribution in [0.25, 0.3) is 0 Å². The standard InChI is InChI=1S/C13H20N4O2/c1-9(4-5-18)10(2)17(8-19)7-12-6-15-11(3)16-13(12)14/h6,8,18H,4-5,7H2,1-3H3,(H2,14,15,16). The predicted octanol–water partition coefficient (Wildman–Crippen LogP) is 1.00. The number of hydrogen-bond acceptors (Lipinski definition) is 5. The molecule has 19 heavy (non-hydrogen) atoms. The number of allylic oxidation sites excluding steroid dienone is 1. The van der Waals surface area contributed by atoms with E-state index in [0.29, 0.717) is 30.2 Å². The van der Waals surface area contributed by atoms with Crippen LogP contribution in [-0.2, 0) is 11.3 Å². The van der Waals surface area contributed by atoms with Crippen LogP contribution >= 0.6 is 0 Å². The third-order valence-corrected chi connectivity index (χ3v) is 3.02. The maximum Gasteiger partial charge on any atom is 0.214 e. The maximum absolute atomic E-state index is 11.2. The number of rotatable bonds is 6. The van der Waals surface area contributed by atoms with Crippen molar-refractivity contribution in [1.82, 2.24) is 14.9 Å². The van der Waals surface area contributed by atoms with Gasteiger partial charge in [-0.05, 0) is 27.2 Å². The Morgan fingerprint density at radius 1 is 1.53 bits per heavy atom. The maximum atomic E-state index is 11.2. The molecule has 1 aromatic heterocycles. The van der Waals surface area contributed by atoms with E-state index in [1.807, 2.05) is 13.8 Å². The number of aromatic nitrogens is 2. The summed E-state index contributed by atoms with van der Waals surface area (Å²) in [5, 5.41) is 8.92. The van der Waals surface area contributed by atoms with Crippen LogP contribution in [0.15, 0.2) is 17.5 Å². The number of nitrogen functional groups attached to an aromatic ring is 1. The second-order valence-electron chi connectivity index (χ2n) is 4.40. The molecule has 0 aliphatic rings. The average Bonchev–Trinajstić information content (AvgIpc) is 2.37. The van der Waals surface area contributed by atoms with Crippen molar-refractivity contribution >= 4 is 12.2 Å². The summed E-state index contributed by atoms with van der Waals surface area (Å²) in [5.74, 6) is 0.981.